The fourth-order valence-corrected chi connectivity index (χ4v) is 2.83. The van der Waals surface area contributed by atoms with Crippen LogP contribution in [0.2, 0.25) is 0 Å². The third-order valence-electron chi connectivity index (χ3n) is 2.62. The molecule has 0 saturated carbocycles. The molecule has 1 amide bonds. The Labute approximate surface area is 97.3 Å². The van der Waals surface area contributed by atoms with E-state index in [2.05, 4.69) is 20.3 Å². The molecule has 0 radical (unpaired) electrons. The van der Waals surface area contributed by atoms with Crippen molar-refractivity contribution in [3.63, 3.8) is 0 Å². The van der Waals surface area contributed by atoms with Crippen molar-refractivity contribution in [3.05, 3.63) is 5.69 Å². The predicted octanol–water partition coefficient (Wildman–Crippen LogP) is 0.525. The van der Waals surface area contributed by atoms with Gasteiger partial charge in [0.1, 0.15) is 0 Å². The number of nitrogens with one attached hydrogen (secondary N) is 1. The summed E-state index contributed by atoms with van der Waals surface area (Å²) in [6.45, 7) is 0.672. The molecule has 1 fully saturated rings. The Balaban J connectivity index is 1.81. The van der Waals surface area contributed by atoms with Crippen molar-refractivity contribution in [2.45, 2.75) is 12.8 Å². The number of carbonyl (C=O) groups excluding carboxylic acids is 1. The second-order valence-corrected chi connectivity index (χ2v) is 4.99. The average Bonchev–Trinajstić information content (AvgIpc) is 2.74. The Hall–Kier alpha value is -1.24. The molecule has 3 N–H and O–H groups in total. The summed E-state index contributed by atoms with van der Waals surface area (Å²) in [5.74, 6) is 2.64. The lowest BCUT2D eigenvalue weighted by Gasteiger charge is -2.21. The molecule has 0 aromatic carbocycles. The van der Waals surface area contributed by atoms with Crippen molar-refractivity contribution in [2.24, 2.45) is 5.92 Å². The molecule has 2 rings (SSSR count). The number of carbonyl (C=O) groups is 1. The van der Waals surface area contributed by atoms with E-state index in [9.17, 15) is 4.79 Å². The number of aromatic nitrogens is 2. The van der Waals surface area contributed by atoms with E-state index >= 15 is 0 Å². The van der Waals surface area contributed by atoms with Crippen LogP contribution >= 0.6 is 11.8 Å². The molecular formula is C9H14N4O2S. The molecule has 6 nitrogen and oxygen atoms in total. The van der Waals surface area contributed by atoms with Crippen molar-refractivity contribution in [1.82, 2.24) is 15.6 Å². The molecule has 1 aliphatic rings. The summed E-state index contributed by atoms with van der Waals surface area (Å²) in [4.78, 5) is 11.6. The van der Waals surface area contributed by atoms with Gasteiger partial charge in [-0.1, -0.05) is 0 Å². The molecule has 1 saturated heterocycles. The Bertz CT molecular complexity index is 362. The summed E-state index contributed by atoms with van der Waals surface area (Å²) in [6, 6.07) is 0. The van der Waals surface area contributed by atoms with Crippen LogP contribution in [0.1, 0.15) is 23.3 Å². The summed E-state index contributed by atoms with van der Waals surface area (Å²) in [5, 5.41) is 9.62. The Morgan fingerprint density at radius 3 is 2.88 bits per heavy atom. The Kier molecular flexibility index (Phi) is 3.66. The number of hydrogen-bond acceptors (Lipinski definition) is 6. The summed E-state index contributed by atoms with van der Waals surface area (Å²) in [5.41, 5.74) is 5.49. The van der Waals surface area contributed by atoms with Crippen LogP contribution in [0.15, 0.2) is 4.63 Å². The van der Waals surface area contributed by atoms with Crippen molar-refractivity contribution in [2.75, 3.05) is 23.8 Å². The minimum absolute atomic E-state index is 0.0386. The van der Waals surface area contributed by atoms with Gasteiger partial charge in [-0.3, -0.25) is 4.79 Å². The second-order valence-electron chi connectivity index (χ2n) is 3.76. The van der Waals surface area contributed by atoms with Crippen LogP contribution < -0.4 is 11.1 Å². The minimum Gasteiger partial charge on any atom is -0.379 e. The molecule has 1 aromatic rings. The maximum atomic E-state index is 11.6. The highest BCUT2D eigenvalue weighted by molar-refractivity contribution is 7.99. The second kappa shape index (κ2) is 5.20. The van der Waals surface area contributed by atoms with E-state index in [0.717, 1.165) is 12.8 Å². The van der Waals surface area contributed by atoms with Gasteiger partial charge >= 0.3 is 0 Å². The number of thioether (sulfide) groups is 1. The molecule has 16 heavy (non-hydrogen) atoms. The summed E-state index contributed by atoms with van der Waals surface area (Å²) < 4.78 is 4.37. The van der Waals surface area contributed by atoms with E-state index in [0.29, 0.717) is 12.5 Å². The van der Waals surface area contributed by atoms with Gasteiger partial charge in [0, 0.05) is 6.54 Å². The number of anilines is 1. The highest BCUT2D eigenvalue weighted by atomic mass is 32.2. The van der Waals surface area contributed by atoms with Crippen molar-refractivity contribution < 1.29 is 9.42 Å². The number of nitrogens with two attached hydrogens (primary N) is 1. The number of nitrogens with zero attached hydrogens (tertiary/aromatic N) is 2. The molecule has 7 heteroatoms. The molecule has 88 valence electrons. The molecule has 0 bridgehead atoms. The van der Waals surface area contributed by atoms with Gasteiger partial charge in [-0.15, -0.1) is 0 Å². The topological polar surface area (TPSA) is 94.0 Å². The van der Waals surface area contributed by atoms with Gasteiger partial charge < -0.3 is 11.1 Å². The fourth-order valence-electron chi connectivity index (χ4n) is 1.62. The molecule has 1 aliphatic heterocycles. The lowest BCUT2D eigenvalue weighted by atomic mass is 10.0. The van der Waals surface area contributed by atoms with Crippen LogP contribution in [0.5, 0.6) is 0 Å². The van der Waals surface area contributed by atoms with E-state index in [1.165, 1.54) is 11.5 Å². The maximum absolute atomic E-state index is 11.6. The average molecular weight is 242 g/mol. The highest BCUT2D eigenvalue weighted by Gasteiger charge is 2.18. The summed E-state index contributed by atoms with van der Waals surface area (Å²) >= 11 is 1.96. The highest BCUT2D eigenvalue weighted by Crippen LogP contribution is 2.21. The third-order valence-corrected chi connectivity index (χ3v) is 3.67. The van der Waals surface area contributed by atoms with E-state index in [1.807, 2.05) is 11.8 Å². The first kappa shape index (κ1) is 11.3. The number of nitrogen functional groups attached to an aromatic ring is 1. The zero-order valence-corrected chi connectivity index (χ0v) is 9.63. The molecule has 0 spiro atoms. The number of hydrogen-bond donors (Lipinski definition) is 2. The van der Waals surface area contributed by atoms with Gasteiger partial charge in [-0.05, 0) is 40.6 Å². The van der Waals surface area contributed by atoms with Gasteiger partial charge in [0.25, 0.3) is 5.91 Å². The Morgan fingerprint density at radius 1 is 1.50 bits per heavy atom. The molecule has 0 aliphatic carbocycles. The van der Waals surface area contributed by atoms with Crippen molar-refractivity contribution in [3.8, 4) is 0 Å². The van der Waals surface area contributed by atoms with Crippen LogP contribution in [-0.4, -0.2) is 34.3 Å². The van der Waals surface area contributed by atoms with Crippen LogP contribution in [0.3, 0.4) is 0 Å². The van der Waals surface area contributed by atoms with Crippen LogP contribution in [0.4, 0.5) is 5.82 Å². The third kappa shape index (κ3) is 2.66. The number of rotatable bonds is 3. The van der Waals surface area contributed by atoms with Crippen molar-refractivity contribution >= 4 is 23.5 Å². The first-order valence-corrected chi connectivity index (χ1v) is 6.37. The maximum Gasteiger partial charge on any atom is 0.277 e. The van der Waals surface area contributed by atoms with Crippen LogP contribution in [0, 0.1) is 5.92 Å². The molecule has 2 heterocycles. The van der Waals surface area contributed by atoms with Crippen molar-refractivity contribution in [1.29, 1.82) is 0 Å². The predicted molar refractivity (Wildman–Crippen MR) is 61.1 cm³/mol. The van der Waals surface area contributed by atoms with E-state index in [1.54, 1.807) is 0 Å². The standard InChI is InChI=1S/C9H14N4O2S/c10-8-7(12-15-13-8)9(14)11-5-6-1-3-16-4-2-6/h6H,1-5H2,(H2,10,13)(H,11,14). The zero-order chi connectivity index (χ0) is 11.4. The largest absolute Gasteiger partial charge is 0.379 e. The summed E-state index contributed by atoms with van der Waals surface area (Å²) in [6.07, 6.45) is 2.30. The normalized spacial score (nSPS) is 17.2. The lowest BCUT2D eigenvalue weighted by molar-refractivity contribution is 0.0937. The van der Waals surface area contributed by atoms with E-state index in [4.69, 9.17) is 5.73 Å². The van der Waals surface area contributed by atoms with E-state index < -0.39 is 0 Å². The first-order valence-electron chi connectivity index (χ1n) is 5.21. The molecule has 0 atom stereocenters. The minimum atomic E-state index is -0.308. The molecule has 1 aromatic heterocycles. The zero-order valence-electron chi connectivity index (χ0n) is 8.81. The van der Waals surface area contributed by atoms with Gasteiger partial charge in [-0.25, -0.2) is 4.63 Å². The molecular weight excluding hydrogens is 228 g/mol. The van der Waals surface area contributed by atoms with Crippen LogP contribution in [0.25, 0.3) is 0 Å². The fraction of sp³-hybridized carbons (Fsp3) is 0.667. The SMILES string of the molecule is Nc1nonc1C(=O)NCC1CCSCC1. The van der Waals surface area contributed by atoms with Crippen LogP contribution in [-0.2, 0) is 0 Å². The Morgan fingerprint density at radius 2 is 2.25 bits per heavy atom. The first-order chi connectivity index (χ1) is 7.77. The monoisotopic (exact) mass is 242 g/mol. The summed E-state index contributed by atoms with van der Waals surface area (Å²) in [7, 11) is 0. The van der Waals surface area contributed by atoms with Gasteiger partial charge in [0.05, 0.1) is 0 Å². The molecule has 0 unspecified atom stereocenters. The quantitative estimate of drug-likeness (QED) is 0.802. The number of amides is 1. The van der Waals surface area contributed by atoms with Gasteiger partial charge in [-0.2, -0.15) is 11.8 Å². The lowest BCUT2D eigenvalue weighted by Crippen LogP contribution is -2.31. The smallest absolute Gasteiger partial charge is 0.277 e. The van der Waals surface area contributed by atoms with Gasteiger partial charge in [0.15, 0.2) is 0 Å². The van der Waals surface area contributed by atoms with Gasteiger partial charge in [0.2, 0.25) is 11.5 Å². The van der Waals surface area contributed by atoms with E-state index in [-0.39, 0.29) is 17.4 Å².